The van der Waals surface area contributed by atoms with Gasteiger partial charge in [0, 0.05) is 18.8 Å². The van der Waals surface area contributed by atoms with Crippen molar-refractivity contribution >= 4 is 33.4 Å². The zero-order chi connectivity index (χ0) is 31.1. The quantitative estimate of drug-likeness (QED) is 0.0784. The molecule has 1 aromatic carbocycles. The average molecular weight is 600 g/mol. The van der Waals surface area contributed by atoms with Crippen molar-refractivity contribution in [1.82, 2.24) is 0 Å². The van der Waals surface area contributed by atoms with E-state index in [2.05, 4.69) is 60.2 Å². The molecule has 1 aromatic heterocycles. The van der Waals surface area contributed by atoms with Gasteiger partial charge in [-0.1, -0.05) is 0 Å². The van der Waals surface area contributed by atoms with E-state index < -0.39 is 0 Å². The Morgan fingerprint density at radius 2 is 1.74 bits per heavy atom. The minimum atomic E-state index is -0.125. The Bertz CT molecular complexity index is 1230. The molecule has 0 fully saturated rings. The van der Waals surface area contributed by atoms with E-state index in [1.807, 2.05) is 32.9 Å². The summed E-state index contributed by atoms with van der Waals surface area (Å²) in [5.41, 5.74) is 3.76. The maximum atomic E-state index is 9.29. The summed E-state index contributed by atoms with van der Waals surface area (Å²) < 4.78 is 24.3. The lowest BCUT2D eigenvalue weighted by molar-refractivity contribution is -0.870. The van der Waals surface area contributed by atoms with Crippen LogP contribution in [0.15, 0.2) is 28.4 Å². The maximum Gasteiger partial charge on any atom is 0.229 e. The van der Waals surface area contributed by atoms with Crippen molar-refractivity contribution in [3.05, 3.63) is 45.6 Å². The number of ether oxygens (including phenoxy) is 4. The van der Waals surface area contributed by atoms with Crippen LogP contribution in [-0.4, -0.2) is 97.1 Å². The molecular formula is C31H47N6O4S+. The van der Waals surface area contributed by atoms with Crippen molar-refractivity contribution in [2.75, 3.05) is 85.3 Å². The number of nitrogens with zero attached hydrogens (tertiary/aromatic N) is 6. The van der Waals surface area contributed by atoms with Gasteiger partial charge in [-0.3, -0.25) is 0 Å². The summed E-state index contributed by atoms with van der Waals surface area (Å²) in [5.74, 6) is 0. The molecule has 230 valence electrons. The standard InChI is InChI=1S/C31H47N6O4S/c1-10-36(21-27(22-41-23(2)3)40-18-17-39-16-15-38-14-13-37(7,8)9)26-11-12-28(24(4)19-26)34-35-31-30(33-6)25(5)29(20-32)42-31/h11-12,19,23,27H,10,13-18,21-22H2,1-5,7-9H3/q+1/b35-34+. The Kier molecular flexibility index (Phi) is 15.1. The van der Waals surface area contributed by atoms with Gasteiger partial charge in [-0.05, 0) is 63.9 Å². The van der Waals surface area contributed by atoms with Gasteiger partial charge in [0.2, 0.25) is 5.69 Å². The van der Waals surface area contributed by atoms with Gasteiger partial charge >= 0.3 is 0 Å². The lowest BCUT2D eigenvalue weighted by Crippen LogP contribution is -2.38. The van der Waals surface area contributed by atoms with E-state index >= 15 is 0 Å². The third-order valence-electron chi connectivity index (χ3n) is 6.39. The molecule has 0 aliphatic carbocycles. The molecule has 0 saturated heterocycles. The van der Waals surface area contributed by atoms with Gasteiger partial charge in [-0.15, -0.1) is 11.3 Å². The van der Waals surface area contributed by atoms with Crippen LogP contribution in [0.4, 0.5) is 22.1 Å². The van der Waals surface area contributed by atoms with Gasteiger partial charge in [0.15, 0.2) is 0 Å². The zero-order valence-corrected chi connectivity index (χ0v) is 27.3. The smallest absolute Gasteiger partial charge is 0.229 e. The Balaban J connectivity index is 1.97. The van der Waals surface area contributed by atoms with E-state index in [1.54, 1.807) is 6.92 Å². The van der Waals surface area contributed by atoms with Gasteiger partial charge in [0.05, 0.1) is 90.1 Å². The van der Waals surface area contributed by atoms with Crippen LogP contribution in [0, 0.1) is 31.8 Å². The van der Waals surface area contributed by atoms with E-state index in [0.717, 1.165) is 35.4 Å². The topological polar surface area (TPSA) is 93.0 Å². The van der Waals surface area contributed by atoms with E-state index in [9.17, 15) is 5.26 Å². The number of aryl methyl sites for hydroxylation is 1. The van der Waals surface area contributed by atoms with Crippen LogP contribution in [0.1, 0.15) is 36.8 Å². The summed E-state index contributed by atoms with van der Waals surface area (Å²) in [6, 6.07) is 8.15. The number of benzene rings is 1. The molecule has 1 unspecified atom stereocenters. The van der Waals surface area contributed by atoms with Crippen LogP contribution in [0.3, 0.4) is 0 Å². The molecule has 0 radical (unpaired) electrons. The highest BCUT2D eigenvalue weighted by Crippen LogP contribution is 2.42. The lowest BCUT2D eigenvalue weighted by atomic mass is 10.1. The number of azo groups is 1. The number of anilines is 1. The molecule has 10 nitrogen and oxygen atoms in total. The summed E-state index contributed by atoms with van der Waals surface area (Å²) >= 11 is 1.19. The molecule has 1 heterocycles. The minimum absolute atomic E-state index is 0.109. The number of quaternary nitrogens is 1. The van der Waals surface area contributed by atoms with E-state index in [0.29, 0.717) is 66.4 Å². The van der Waals surface area contributed by atoms with Gasteiger partial charge in [-0.25, -0.2) is 4.85 Å². The predicted octanol–water partition coefficient (Wildman–Crippen LogP) is 6.58. The summed E-state index contributed by atoms with van der Waals surface area (Å²) in [7, 11) is 6.44. The van der Waals surface area contributed by atoms with Crippen molar-refractivity contribution < 1.29 is 23.4 Å². The number of likely N-dealkylation sites (N-methyl/N-ethyl adjacent to an activating group) is 2. The number of thiophene rings is 1. The van der Waals surface area contributed by atoms with Crippen molar-refractivity contribution in [1.29, 1.82) is 5.26 Å². The first-order valence-corrected chi connectivity index (χ1v) is 15.2. The molecule has 2 aromatic rings. The molecule has 0 N–H and O–H groups in total. The fourth-order valence-corrected chi connectivity index (χ4v) is 4.76. The van der Waals surface area contributed by atoms with Gasteiger partial charge in [-0.2, -0.15) is 15.5 Å². The van der Waals surface area contributed by atoms with E-state index in [1.165, 1.54) is 11.3 Å². The molecule has 0 spiro atoms. The van der Waals surface area contributed by atoms with Crippen molar-refractivity contribution in [2.24, 2.45) is 10.2 Å². The predicted molar refractivity (Wildman–Crippen MR) is 169 cm³/mol. The van der Waals surface area contributed by atoms with Crippen LogP contribution in [-0.2, 0) is 18.9 Å². The third-order valence-corrected chi connectivity index (χ3v) is 7.46. The first-order valence-electron chi connectivity index (χ1n) is 14.4. The molecule has 11 heteroatoms. The summed E-state index contributed by atoms with van der Waals surface area (Å²) in [5, 5.41) is 18.5. The highest BCUT2D eigenvalue weighted by molar-refractivity contribution is 7.17. The normalized spacial score (nSPS) is 12.5. The molecule has 0 saturated carbocycles. The van der Waals surface area contributed by atoms with Crippen LogP contribution < -0.4 is 4.90 Å². The van der Waals surface area contributed by atoms with E-state index in [-0.39, 0.29) is 12.2 Å². The first kappa shape index (κ1) is 35.3. The Labute approximate surface area is 255 Å². The Morgan fingerprint density at radius 1 is 1.05 bits per heavy atom. The summed E-state index contributed by atoms with van der Waals surface area (Å²) in [6.45, 7) is 23.1. The zero-order valence-electron chi connectivity index (χ0n) is 26.5. The monoisotopic (exact) mass is 599 g/mol. The highest BCUT2D eigenvalue weighted by atomic mass is 32.1. The van der Waals surface area contributed by atoms with Crippen molar-refractivity contribution in [3.63, 3.8) is 0 Å². The fourth-order valence-electron chi connectivity index (χ4n) is 3.89. The molecule has 1 atom stereocenters. The van der Waals surface area contributed by atoms with Gasteiger partial charge in [0.25, 0.3) is 0 Å². The van der Waals surface area contributed by atoms with Crippen LogP contribution in [0.25, 0.3) is 4.85 Å². The Hall–Kier alpha value is -2.90. The molecule has 0 amide bonds. The SMILES string of the molecule is [C-]#[N+]c1c(/N=N/c2ccc(N(CC)CC(COC(C)C)OCCOCCOCC[N+](C)(C)C)cc2C)sc(C#N)c1C. The molecular weight excluding hydrogens is 552 g/mol. The van der Waals surface area contributed by atoms with Gasteiger partial charge < -0.3 is 28.3 Å². The average Bonchev–Trinajstić information content (AvgIpc) is 3.25. The number of hydrogen-bond acceptors (Lipinski definition) is 9. The first-order chi connectivity index (χ1) is 20.0. The fraction of sp³-hybridized carbons (Fsp3) is 0.613. The van der Waals surface area contributed by atoms with Crippen LogP contribution in [0.5, 0.6) is 0 Å². The summed E-state index contributed by atoms with van der Waals surface area (Å²) in [4.78, 5) is 6.29. The maximum absolute atomic E-state index is 9.29. The van der Waals surface area contributed by atoms with E-state index in [4.69, 9.17) is 25.5 Å². The molecule has 2 rings (SSSR count). The molecule has 42 heavy (non-hydrogen) atoms. The Morgan fingerprint density at radius 3 is 2.33 bits per heavy atom. The minimum Gasteiger partial charge on any atom is -0.377 e. The van der Waals surface area contributed by atoms with Gasteiger partial charge in [0.1, 0.15) is 17.6 Å². The second-order valence-electron chi connectivity index (χ2n) is 11.3. The molecule has 0 aliphatic heterocycles. The van der Waals surface area contributed by atoms with Crippen molar-refractivity contribution in [3.8, 4) is 6.07 Å². The number of hydrogen-bond donors (Lipinski definition) is 0. The summed E-state index contributed by atoms with van der Waals surface area (Å²) in [6.07, 6.45) is -0.0159. The second kappa shape index (κ2) is 17.9. The highest BCUT2D eigenvalue weighted by Gasteiger charge is 2.18. The third kappa shape index (κ3) is 12.1. The number of rotatable bonds is 19. The van der Waals surface area contributed by atoms with Crippen LogP contribution >= 0.6 is 11.3 Å². The van der Waals surface area contributed by atoms with Crippen molar-refractivity contribution in [2.45, 2.75) is 46.8 Å². The molecule has 0 aliphatic rings. The lowest BCUT2D eigenvalue weighted by Gasteiger charge is -2.29. The molecule has 0 bridgehead atoms. The number of nitriles is 1. The van der Waals surface area contributed by atoms with Crippen LogP contribution in [0.2, 0.25) is 0 Å². The second-order valence-corrected chi connectivity index (χ2v) is 12.3. The largest absolute Gasteiger partial charge is 0.377 e.